The topological polar surface area (TPSA) is 22.4 Å². The standard InChI is InChI=1S/C28H39N4S/c1-7-11-20(4)31-12-10-13-32(15-14-31)24-17-22(9-3)28-26(19-24)33-25-18-23(30(5)6)16-21(8-2)27(25)29-28/h7,11,16-20H,8-10,12-15H2,1-6H3/q+1/b11-7+. The van der Waals surface area contributed by atoms with Gasteiger partial charge in [-0.2, -0.15) is 0 Å². The number of allylic oxidation sites excluding steroid dienone is 1. The molecule has 0 spiro atoms. The molecule has 1 fully saturated rings. The summed E-state index contributed by atoms with van der Waals surface area (Å²) in [5.74, 6) is 0. The van der Waals surface area contributed by atoms with Crippen LogP contribution in [0.1, 0.15) is 45.2 Å². The first-order valence-electron chi connectivity index (χ1n) is 12.5. The molecule has 2 heterocycles. The Labute approximate surface area is 203 Å². The van der Waals surface area contributed by atoms with Crippen molar-refractivity contribution in [2.45, 2.75) is 53.0 Å². The molecule has 5 heteroatoms. The Kier molecular flexibility index (Phi) is 7.50. The zero-order chi connectivity index (χ0) is 23.5. The first kappa shape index (κ1) is 23.9. The van der Waals surface area contributed by atoms with E-state index in [1.165, 1.54) is 49.4 Å². The Hall–Kier alpha value is -2.24. The SMILES string of the molecule is C/C=C/C(C)N1CCCN(c2cc(CC)c3nc4c(CC)cc(=[N+](C)C)cc-4sc3c2)CC1. The molecule has 1 aromatic rings. The minimum absolute atomic E-state index is 0.509. The molecule has 1 saturated heterocycles. The second-order valence-corrected chi connectivity index (χ2v) is 10.4. The zero-order valence-corrected chi connectivity index (χ0v) is 22.0. The Morgan fingerprint density at radius 3 is 2.52 bits per heavy atom. The van der Waals surface area contributed by atoms with E-state index in [0.29, 0.717) is 6.04 Å². The number of benzene rings is 2. The number of aryl methyl sites for hydroxylation is 2. The van der Waals surface area contributed by atoms with Crippen LogP contribution >= 0.6 is 11.3 Å². The third-order valence-corrected chi connectivity index (χ3v) is 8.00. The number of nitrogens with zero attached hydrogens (tertiary/aromatic N) is 4. The van der Waals surface area contributed by atoms with E-state index in [1.54, 1.807) is 0 Å². The van der Waals surface area contributed by atoms with E-state index in [0.717, 1.165) is 39.0 Å². The molecule has 0 aromatic heterocycles. The highest BCUT2D eigenvalue weighted by Crippen LogP contribution is 2.36. The van der Waals surface area contributed by atoms with Gasteiger partial charge in [0.25, 0.3) is 0 Å². The molecule has 1 aliphatic carbocycles. The number of fused-ring (bicyclic) bond motifs is 2. The molecule has 1 unspecified atom stereocenters. The van der Waals surface area contributed by atoms with Gasteiger partial charge in [-0.3, -0.25) is 4.90 Å². The van der Waals surface area contributed by atoms with Gasteiger partial charge in [-0.25, -0.2) is 9.56 Å². The van der Waals surface area contributed by atoms with Gasteiger partial charge >= 0.3 is 0 Å². The molecule has 33 heavy (non-hydrogen) atoms. The summed E-state index contributed by atoms with van der Waals surface area (Å²) in [4.78, 5) is 11.7. The summed E-state index contributed by atoms with van der Waals surface area (Å²) in [6.07, 6.45) is 7.69. The van der Waals surface area contributed by atoms with Crippen LogP contribution in [-0.4, -0.2) is 56.2 Å². The van der Waals surface area contributed by atoms with Gasteiger partial charge in [-0.1, -0.05) is 26.0 Å². The second-order valence-electron chi connectivity index (χ2n) is 9.36. The van der Waals surface area contributed by atoms with Gasteiger partial charge in [0, 0.05) is 50.0 Å². The van der Waals surface area contributed by atoms with Crippen LogP contribution in [0.15, 0.2) is 36.4 Å². The van der Waals surface area contributed by atoms with Gasteiger partial charge in [-0.15, -0.1) is 11.3 Å². The van der Waals surface area contributed by atoms with Gasteiger partial charge in [-0.05, 0) is 56.4 Å². The van der Waals surface area contributed by atoms with Gasteiger partial charge in [0.05, 0.1) is 20.8 Å². The van der Waals surface area contributed by atoms with E-state index in [4.69, 9.17) is 4.98 Å². The predicted molar refractivity (Wildman–Crippen MR) is 145 cm³/mol. The molecule has 3 aliphatic rings. The number of rotatable bonds is 5. The van der Waals surface area contributed by atoms with E-state index >= 15 is 0 Å². The van der Waals surface area contributed by atoms with Crippen LogP contribution in [0.4, 0.5) is 5.69 Å². The summed E-state index contributed by atoms with van der Waals surface area (Å²) in [7, 11) is 4.24. The highest BCUT2D eigenvalue weighted by atomic mass is 32.1. The highest BCUT2D eigenvalue weighted by molar-refractivity contribution is 7.21. The lowest BCUT2D eigenvalue weighted by Crippen LogP contribution is -2.35. The minimum atomic E-state index is 0.509. The molecule has 0 saturated carbocycles. The van der Waals surface area contributed by atoms with Crippen molar-refractivity contribution in [2.24, 2.45) is 0 Å². The Balaban J connectivity index is 1.77. The first-order chi connectivity index (χ1) is 15.9. The fourth-order valence-electron chi connectivity index (χ4n) is 4.92. The van der Waals surface area contributed by atoms with E-state index in [2.05, 4.69) is 92.6 Å². The number of hydrogen-bond acceptors (Lipinski definition) is 4. The first-order valence-corrected chi connectivity index (χ1v) is 13.3. The maximum absolute atomic E-state index is 5.24. The Morgan fingerprint density at radius 1 is 1.03 bits per heavy atom. The van der Waals surface area contributed by atoms with Crippen LogP contribution in [0, 0.1) is 0 Å². The highest BCUT2D eigenvalue weighted by Gasteiger charge is 2.20. The molecule has 0 amide bonds. The van der Waals surface area contributed by atoms with Crippen LogP contribution in [0.3, 0.4) is 0 Å². The van der Waals surface area contributed by atoms with Crippen LogP contribution in [0.2, 0.25) is 0 Å². The molecule has 176 valence electrons. The van der Waals surface area contributed by atoms with Crippen molar-refractivity contribution in [1.82, 2.24) is 14.5 Å². The molecule has 4 rings (SSSR count). The zero-order valence-electron chi connectivity index (χ0n) is 21.2. The lowest BCUT2D eigenvalue weighted by molar-refractivity contribution is 0.259. The third kappa shape index (κ3) is 4.99. The third-order valence-electron chi connectivity index (χ3n) is 6.94. The summed E-state index contributed by atoms with van der Waals surface area (Å²) in [5, 5.41) is 1.26. The van der Waals surface area contributed by atoms with Crippen molar-refractivity contribution in [1.29, 1.82) is 0 Å². The van der Waals surface area contributed by atoms with Crippen LogP contribution < -0.4 is 14.8 Å². The van der Waals surface area contributed by atoms with E-state index < -0.39 is 0 Å². The van der Waals surface area contributed by atoms with E-state index in [1.807, 2.05) is 11.3 Å². The van der Waals surface area contributed by atoms with Crippen LogP contribution in [0.25, 0.3) is 20.8 Å². The van der Waals surface area contributed by atoms with E-state index in [9.17, 15) is 0 Å². The average molecular weight is 464 g/mol. The van der Waals surface area contributed by atoms with Crippen molar-refractivity contribution in [3.8, 4) is 10.6 Å². The molecule has 1 aromatic carbocycles. The second kappa shape index (κ2) is 10.4. The lowest BCUT2D eigenvalue weighted by atomic mass is 10.1. The van der Waals surface area contributed by atoms with Crippen LogP contribution in [-0.2, 0) is 12.8 Å². The summed E-state index contributed by atoms with van der Waals surface area (Å²) < 4.78 is 3.50. The number of hydrogen-bond donors (Lipinski definition) is 0. The van der Waals surface area contributed by atoms with Gasteiger partial charge in [0.15, 0.2) is 0 Å². The van der Waals surface area contributed by atoms with Crippen molar-refractivity contribution in [2.75, 3.05) is 45.2 Å². The fraction of sp³-hybridized carbons (Fsp3) is 0.500. The van der Waals surface area contributed by atoms with Crippen molar-refractivity contribution < 1.29 is 0 Å². The monoisotopic (exact) mass is 463 g/mol. The number of anilines is 1. The molecule has 1 atom stereocenters. The smallest absolute Gasteiger partial charge is 0.201 e. The van der Waals surface area contributed by atoms with Gasteiger partial charge < -0.3 is 4.90 Å². The molecular weight excluding hydrogens is 424 g/mol. The minimum Gasteiger partial charge on any atom is -0.370 e. The molecular formula is C28H39N4S+. The molecule has 2 aliphatic heterocycles. The summed E-state index contributed by atoms with van der Waals surface area (Å²) in [5.41, 5.74) is 6.42. The van der Waals surface area contributed by atoms with Gasteiger partial charge in [0.1, 0.15) is 14.1 Å². The summed E-state index contributed by atoms with van der Waals surface area (Å²) in [6, 6.07) is 9.90. The van der Waals surface area contributed by atoms with Crippen molar-refractivity contribution in [3.63, 3.8) is 0 Å². The maximum atomic E-state index is 5.24. The summed E-state index contributed by atoms with van der Waals surface area (Å²) in [6.45, 7) is 13.4. The molecule has 0 radical (unpaired) electrons. The number of aromatic nitrogens is 1. The average Bonchev–Trinajstić information content (AvgIpc) is 3.08. The fourth-order valence-corrected chi connectivity index (χ4v) is 6.06. The Morgan fingerprint density at radius 2 is 1.82 bits per heavy atom. The summed E-state index contributed by atoms with van der Waals surface area (Å²) >= 11 is 1.90. The van der Waals surface area contributed by atoms with Crippen molar-refractivity contribution in [3.05, 3.63) is 52.9 Å². The molecule has 0 N–H and O–H groups in total. The quantitative estimate of drug-likeness (QED) is 0.301. The van der Waals surface area contributed by atoms with Crippen LogP contribution in [0.5, 0.6) is 0 Å². The normalized spacial score (nSPS) is 16.6. The maximum Gasteiger partial charge on any atom is 0.201 e. The van der Waals surface area contributed by atoms with E-state index in [-0.39, 0.29) is 0 Å². The van der Waals surface area contributed by atoms with Gasteiger partial charge in [0.2, 0.25) is 5.36 Å². The molecule has 0 bridgehead atoms. The lowest BCUT2D eigenvalue weighted by Gasteiger charge is -2.27. The largest absolute Gasteiger partial charge is 0.370 e. The Bertz CT molecular complexity index is 1190. The van der Waals surface area contributed by atoms with Crippen molar-refractivity contribution >= 4 is 27.2 Å². The predicted octanol–water partition coefficient (Wildman–Crippen LogP) is 5.03. The molecule has 4 nitrogen and oxygen atoms in total.